The van der Waals surface area contributed by atoms with Crippen molar-refractivity contribution in [1.82, 2.24) is 9.36 Å². The van der Waals surface area contributed by atoms with Gasteiger partial charge in [0.2, 0.25) is 0 Å². The Kier molecular flexibility index (Phi) is 3.45. The Labute approximate surface area is 125 Å². The molecule has 104 valence electrons. The molecule has 0 bridgehead atoms. The summed E-state index contributed by atoms with van der Waals surface area (Å²) in [5.74, 6) is 0.513. The molecule has 21 heavy (non-hydrogen) atoms. The summed E-state index contributed by atoms with van der Waals surface area (Å²) < 4.78 is 4.29. The standard InChI is InChI=1S/C15H11N3O2S/c1-10-5-7-11(8-6-10)15-16-14(17-21-15)12-3-2-4-13(9-12)18(19)20/h2-9H,1H3. The van der Waals surface area contributed by atoms with Gasteiger partial charge in [-0.05, 0) is 18.5 Å². The third-order valence-corrected chi connectivity index (χ3v) is 3.80. The van der Waals surface area contributed by atoms with E-state index in [0.29, 0.717) is 11.4 Å². The molecule has 0 aliphatic heterocycles. The summed E-state index contributed by atoms with van der Waals surface area (Å²) in [6, 6.07) is 14.4. The van der Waals surface area contributed by atoms with Crippen molar-refractivity contribution in [3.8, 4) is 22.0 Å². The van der Waals surface area contributed by atoms with Crippen LogP contribution >= 0.6 is 11.5 Å². The molecule has 0 radical (unpaired) electrons. The molecule has 0 spiro atoms. The van der Waals surface area contributed by atoms with E-state index in [1.807, 2.05) is 31.2 Å². The molecule has 0 fully saturated rings. The van der Waals surface area contributed by atoms with Crippen molar-refractivity contribution >= 4 is 17.2 Å². The van der Waals surface area contributed by atoms with E-state index in [1.54, 1.807) is 12.1 Å². The SMILES string of the molecule is Cc1ccc(-c2nc(-c3cccc([N+](=O)[O-])c3)ns2)cc1. The largest absolute Gasteiger partial charge is 0.270 e. The van der Waals surface area contributed by atoms with Crippen LogP contribution in [0.1, 0.15) is 5.56 Å². The van der Waals surface area contributed by atoms with Crippen LogP contribution in [-0.2, 0) is 0 Å². The fourth-order valence-corrected chi connectivity index (χ4v) is 2.60. The normalized spacial score (nSPS) is 10.5. The number of hydrogen-bond acceptors (Lipinski definition) is 5. The molecule has 0 saturated carbocycles. The maximum atomic E-state index is 10.8. The molecule has 0 atom stereocenters. The van der Waals surface area contributed by atoms with Gasteiger partial charge in [0, 0.05) is 23.3 Å². The Morgan fingerprint density at radius 3 is 2.57 bits per heavy atom. The molecule has 1 aromatic heterocycles. The smallest absolute Gasteiger partial charge is 0.258 e. The van der Waals surface area contributed by atoms with Gasteiger partial charge in [-0.3, -0.25) is 10.1 Å². The maximum Gasteiger partial charge on any atom is 0.270 e. The number of aromatic nitrogens is 2. The quantitative estimate of drug-likeness (QED) is 0.539. The zero-order valence-electron chi connectivity index (χ0n) is 11.2. The van der Waals surface area contributed by atoms with Gasteiger partial charge in [0.05, 0.1) is 4.92 Å². The molecule has 2 aromatic carbocycles. The van der Waals surface area contributed by atoms with Crippen LogP contribution < -0.4 is 0 Å². The zero-order valence-corrected chi connectivity index (χ0v) is 12.0. The van der Waals surface area contributed by atoms with E-state index < -0.39 is 4.92 Å². The third-order valence-electron chi connectivity index (χ3n) is 3.04. The van der Waals surface area contributed by atoms with Gasteiger partial charge in [0.15, 0.2) is 5.82 Å². The van der Waals surface area contributed by atoms with E-state index in [4.69, 9.17) is 0 Å². The van der Waals surface area contributed by atoms with Crippen molar-refractivity contribution in [3.63, 3.8) is 0 Å². The molecular weight excluding hydrogens is 286 g/mol. The number of nitro benzene ring substituents is 1. The highest BCUT2D eigenvalue weighted by molar-refractivity contribution is 7.09. The third kappa shape index (κ3) is 2.80. The van der Waals surface area contributed by atoms with E-state index in [1.165, 1.54) is 29.2 Å². The van der Waals surface area contributed by atoms with Gasteiger partial charge in [-0.15, -0.1) is 0 Å². The highest BCUT2D eigenvalue weighted by Crippen LogP contribution is 2.27. The monoisotopic (exact) mass is 297 g/mol. The number of benzene rings is 2. The van der Waals surface area contributed by atoms with Gasteiger partial charge in [-0.25, -0.2) is 4.98 Å². The molecule has 1 heterocycles. The number of aryl methyl sites for hydroxylation is 1. The Balaban J connectivity index is 1.96. The maximum absolute atomic E-state index is 10.8. The van der Waals surface area contributed by atoms with Crippen molar-refractivity contribution in [3.05, 3.63) is 64.2 Å². The predicted octanol–water partition coefficient (Wildman–Crippen LogP) is 4.09. The van der Waals surface area contributed by atoms with Gasteiger partial charge in [-0.2, -0.15) is 4.37 Å². The number of rotatable bonds is 3. The highest BCUT2D eigenvalue weighted by Gasteiger charge is 2.12. The predicted molar refractivity (Wildman–Crippen MR) is 82.2 cm³/mol. The summed E-state index contributed by atoms with van der Waals surface area (Å²) >= 11 is 1.29. The lowest BCUT2D eigenvalue weighted by Crippen LogP contribution is -1.88. The lowest BCUT2D eigenvalue weighted by molar-refractivity contribution is -0.384. The first-order chi connectivity index (χ1) is 10.1. The molecule has 6 heteroatoms. The summed E-state index contributed by atoms with van der Waals surface area (Å²) in [4.78, 5) is 14.9. The Morgan fingerprint density at radius 2 is 1.86 bits per heavy atom. The first-order valence-electron chi connectivity index (χ1n) is 6.29. The Morgan fingerprint density at radius 1 is 1.10 bits per heavy atom. The van der Waals surface area contributed by atoms with Crippen LogP contribution in [0.2, 0.25) is 0 Å². The first-order valence-corrected chi connectivity index (χ1v) is 7.06. The molecule has 5 nitrogen and oxygen atoms in total. The van der Waals surface area contributed by atoms with E-state index >= 15 is 0 Å². The Bertz CT molecular complexity index is 797. The molecule has 0 unspecified atom stereocenters. The summed E-state index contributed by atoms with van der Waals surface area (Å²) in [5.41, 5.74) is 2.87. The lowest BCUT2D eigenvalue weighted by atomic mass is 10.1. The average Bonchev–Trinajstić information content (AvgIpc) is 2.98. The summed E-state index contributed by atoms with van der Waals surface area (Å²) in [6.45, 7) is 2.03. The van der Waals surface area contributed by atoms with Crippen LogP contribution in [-0.4, -0.2) is 14.3 Å². The Hall–Kier alpha value is -2.60. The second kappa shape index (κ2) is 5.41. The summed E-state index contributed by atoms with van der Waals surface area (Å²) in [7, 11) is 0. The van der Waals surface area contributed by atoms with Gasteiger partial charge >= 0.3 is 0 Å². The van der Waals surface area contributed by atoms with Gasteiger partial charge in [0.1, 0.15) is 5.01 Å². The number of nitro groups is 1. The van der Waals surface area contributed by atoms with Crippen LogP contribution in [0.5, 0.6) is 0 Å². The second-order valence-corrected chi connectivity index (χ2v) is 5.35. The van der Waals surface area contributed by atoms with Gasteiger partial charge < -0.3 is 0 Å². The van der Waals surface area contributed by atoms with Gasteiger partial charge in [0.25, 0.3) is 5.69 Å². The van der Waals surface area contributed by atoms with E-state index in [2.05, 4.69) is 9.36 Å². The fraction of sp³-hybridized carbons (Fsp3) is 0.0667. The van der Waals surface area contributed by atoms with Crippen LogP contribution in [0, 0.1) is 17.0 Å². The van der Waals surface area contributed by atoms with E-state index in [-0.39, 0.29) is 5.69 Å². The molecule has 0 aliphatic rings. The summed E-state index contributed by atoms with van der Waals surface area (Å²) in [5, 5.41) is 11.6. The van der Waals surface area contributed by atoms with Crippen LogP contribution in [0.4, 0.5) is 5.69 Å². The molecular formula is C15H11N3O2S. The van der Waals surface area contributed by atoms with Gasteiger partial charge in [-0.1, -0.05) is 42.0 Å². The summed E-state index contributed by atoms with van der Waals surface area (Å²) in [6.07, 6.45) is 0. The first kappa shape index (κ1) is 13.4. The lowest BCUT2D eigenvalue weighted by Gasteiger charge is -1.97. The fourth-order valence-electron chi connectivity index (χ4n) is 1.91. The minimum atomic E-state index is -0.420. The number of non-ortho nitro benzene ring substituents is 1. The minimum Gasteiger partial charge on any atom is -0.258 e. The topological polar surface area (TPSA) is 68.9 Å². The van der Waals surface area contributed by atoms with Crippen molar-refractivity contribution in [1.29, 1.82) is 0 Å². The van der Waals surface area contributed by atoms with Crippen molar-refractivity contribution in [2.24, 2.45) is 0 Å². The minimum absolute atomic E-state index is 0.0409. The zero-order chi connectivity index (χ0) is 14.8. The van der Waals surface area contributed by atoms with Crippen molar-refractivity contribution in [2.45, 2.75) is 6.92 Å². The van der Waals surface area contributed by atoms with Crippen molar-refractivity contribution in [2.75, 3.05) is 0 Å². The molecule has 3 aromatic rings. The van der Waals surface area contributed by atoms with Crippen LogP contribution in [0.25, 0.3) is 22.0 Å². The molecule has 0 N–H and O–H groups in total. The molecule has 0 aliphatic carbocycles. The van der Waals surface area contributed by atoms with E-state index in [9.17, 15) is 10.1 Å². The molecule has 0 saturated heterocycles. The molecule has 3 rings (SSSR count). The number of hydrogen-bond donors (Lipinski definition) is 0. The highest BCUT2D eigenvalue weighted by atomic mass is 32.1. The average molecular weight is 297 g/mol. The van der Waals surface area contributed by atoms with Crippen LogP contribution in [0.3, 0.4) is 0 Å². The van der Waals surface area contributed by atoms with E-state index in [0.717, 1.165) is 10.6 Å². The van der Waals surface area contributed by atoms with Crippen LogP contribution in [0.15, 0.2) is 48.5 Å². The second-order valence-electron chi connectivity index (χ2n) is 4.60. The number of nitrogens with zero attached hydrogens (tertiary/aromatic N) is 3. The van der Waals surface area contributed by atoms with Crippen molar-refractivity contribution < 1.29 is 4.92 Å². The molecule has 0 amide bonds.